The van der Waals surface area contributed by atoms with Crippen molar-refractivity contribution in [1.29, 1.82) is 0 Å². The number of aromatic nitrogens is 3. The molecule has 0 amide bonds. The van der Waals surface area contributed by atoms with Gasteiger partial charge in [-0.2, -0.15) is 0 Å². The molecule has 0 N–H and O–H groups in total. The van der Waals surface area contributed by atoms with E-state index < -0.39 is 0 Å². The van der Waals surface area contributed by atoms with Gasteiger partial charge in [-0.25, -0.2) is 4.98 Å². The molecule has 1 aromatic carbocycles. The normalized spacial score (nSPS) is 18.0. The van der Waals surface area contributed by atoms with Gasteiger partial charge < -0.3 is 9.64 Å². The molecule has 3 aromatic rings. The maximum absolute atomic E-state index is 6.06. The smallest absolute Gasteiger partial charge is 0.147 e. The summed E-state index contributed by atoms with van der Waals surface area (Å²) in [6.07, 6.45) is 6.04. The summed E-state index contributed by atoms with van der Waals surface area (Å²) in [5, 5.41) is 0. The molecule has 0 spiro atoms. The Balaban J connectivity index is 1.43. The summed E-state index contributed by atoms with van der Waals surface area (Å²) in [7, 11) is 0. The SMILES string of the molecule is c1ccc(COC2CCCN(c3cnc4ccccc4n3)C2)nc1. The summed E-state index contributed by atoms with van der Waals surface area (Å²) < 4.78 is 6.06. The Morgan fingerprint density at radius 3 is 2.79 bits per heavy atom. The lowest BCUT2D eigenvalue weighted by molar-refractivity contribution is 0.0297. The molecular formula is C19H20N4O. The van der Waals surface area contributed by atoms with Gasteiger partial charge >= 0.3 is 0 Å². The number of nitrogens with zero attached hydrogens (tertiary/aromatic N) is 4. The molecule has 5 heteroatoms. The van der Waals surface area contributed by atoms with Crippen LogP contribution in [0.25, 0.3) is 11.0 Å². The highest BCUT2D eigenvalue weighted by molar-refractivity contribution is 5.75. The fourth-order valence-electron chi connectivity index (χ4n) is 3.07. The molecule has 0 aliphatic carbocycles. The van der Waals surface area contributed by atoms with Gasteiger partial charge in [-0.3, -0.25) is 9.97 Å². The van der Waals surface area contributed by atoms with E-state index in [-0.39, 0.29) is 6.10 Å². The monoisotopic (exact) mass is 320 g/mol. The van der Waals surface area contributed by atoms with Crippen LogP contribution in [0.3, 0.4) is 0 Å². The number of piperidine rings is 1. The maximum atomic E-state index is 6.06. The van der Waals surface area contributed by atoms with E-state index in [1.807, 2.05) is 48.7 Å². The lowest BCUT2D eigenvalue weighted by Crippen LogP contribution is -2.40. The van der Waals surface area contributed by atoms with E-state index in [1.165, 1.54) is 0 Å². The van der Waals surface area contributed by atoms with Crippen molar-refractivity contribution in [3.8, 4) is 0 Å². The number of rotatable bonds is 4. The van der Waals surface area contributed by atoms with Gasteiger partial charge in [-0.05, 0) is 37.1 Å². The summed E-state index contributed by atoms with van der Waals surface area (Å²) >= 11 is 0. The van der Waals surface area contributed by atoms with Crippen LogP contribution >= 0.6 is 0 Å². The average molecular weight is 320 g/mol. The molecule has 1 fully saturated rings. The van der Waals surface area contributed by atoms with Gasteiger partial charge in [0.25, 0.3) is 0 Å². The predicted octanol–water partition coefficient (Wildman–Crippen LogP) is 3.21. The summed E-state index contributed by atoms with van der Waals surface area (Å²) in [5.74, 6) is 0.930. The van der Waals surface area contributed by atoms with Crippen LogP contribution in [0.15, 0.2) is 54.9 Å². The fraction of sp³-hybridized carbons (Fsp3) is 0.316. The van der Waals surface area contributed by atoms with Crippen LogP contribution < -0.4 is 4.90 Å². The summed E-state index contributed by atoms with van der Waals surface area (Å²) in [6, 6.07) is 13.9. The van der Waals surface area contributed by atoms with E-state index in [9.17, 15) is 0 Å². The highest BCUT2D eigenvalue weighted by atomic mass is 16.5. The number of hydrogen-bond donors (Lipinski definition) is 0. The molecule has 1 aliphatic rings. The minimum atomic E-state index is 0.203. The minimum absolute atomic E-state index is 0.203. The zero-order chi connectivity index (χ0) is 16.2. The Labute approximate surface area is 141 Å². The Morgan fingerprint density at radius 1 is 1.04 bits per heavy atom. The van der Waals surface area contributed by atoms with Crippen LogP contribution in [0.4, 0.5) is 5.82 Å². The Morgan fingerprint density at radius 2 is 1.92 bits per heavy atom. The topological polar surface area (TPSA) is 51.1 Å². The highest BCUT2D eigenvalue weighted by Gasteiger charge is 2.22. The third-order valence-electron chi connectivity index (χ3n) is 4.33. The molecule has 1 atom stereocenters. The Hall–Kier alpha value is -2.53. The van der Waals surface area contributed by atoms with Crippen LogP contribution in [0.1, 0.15) is 18.5 Å². The van der Waals surface area contributed by atoms with Crippen molar-refractivity contribution in [1.82, 2.24) is 15.0 Å². The van der Waals surface area contributed by atoms with Gasteiger partial charge in [0.2, 0.25) is 0 Å². The van der Waals surface area contributed by atoms with Crippen LogP contribution in [-0.2, 0) is 11.3 Å². The number of ether oxygens (including phenoxy) is 1. The van der Waals surface area contributed by atoms with E-state index in [0.29, 0.717) is 6.61 Å². The second-order valence-corrected chi connectivity index (χ2v) is 6.06. The van der Waals surface area contributed by atoms with Gasteiger partial charge in [0.05, 0.1) is 35.6 Å². The number of hydrogen-bond acceptors (Lipinski definition) is 5. The molecule has 4 rings (SSSR count). The number of fused-ring (bicyclic) bond motifs is 1. The van der Waals surface area contributed by atoms with Gasteiger partial charge in [0.1, 0.15) is 5.82 Å². The number of pyridine rings is 1. The number of para-hydroxylation sites is 2. The third-order valence-corrected chi connectivity index (χ3v) is 4.33. The average Bonchev–Trinajstić information content (AvgIpc) is 2.67. The van der Waals surface area contributed by atoms with Crippen molar-refractivity contribution in [2.45, 2.75) is 25.6 Å². The fourth-order valence-corrected chi connectivity index (χ4v) is 3.07. The molecule has 1 unspecified atom stereocenters. The van der Waals surface area contributed by atoms with E-state index in [1.54, 1.807) is 6.20 Å². The Kier molecular flexibility index (Phi) is 4.34. The summed E-state index contributed by atoms with van der Waals surface area (Å²) in [5.41, 5.74) is 2.84. The molecule has 1 aliphatic heterocycles. The standard InChI is InChI=1S/C19H20N4O/c1-2-9-18-17(8-1)21-12-19(22-18)23-11-5-7-16(13-23)24-14-15-6-3-4-10-20-15/h1-4,6,8-10,12,16H,5,7,11,13-14H2. The van der Waals surface area contributed by atoms with E-state index in [4.69, 9.17) is 9.72 Å². The zero-order valence-electron chi connectivity index (χ0n) is 13.5. The molecule has 0 radical (unpaired) electrons. The van der Waals surface area contributed by atoms with Gasteiger partial charge in [-0.1, -0.05) is 18.2 Å². The second kappa shape index (κ2) is 6.93. The molecule has 0 bridgehead atoms. The number of anilines is 1. The van der Waals surface area contributed by atoms with Gasteiger partial charge in [0, 0.05) is 19.3 Å². The van der Waals surface area contributed by atoms with Crippen molar-refractivity contribution in [2.75, 3.05) is 18.0 Å². The highest BCUT2D eigenvalue weighted by Crippen LogP contribution is 2.21. The van der Waals surface area contributed by atoms with Crippen LogP contribution in [0.2, 0.25) is 0 Å². The van der Waals surface area contributed by atoms with Crippen molar-refractivity contribution in [3.05, 3.63) is 60.6 Å². The third kappa shape index (κ3) is 3.36. The van der Waals surface area contributed by atoms with E-state index >= 15 is 0 Å². The molecule has 0 saturated carbocycles. The molecular weight excluding hydrogens is 300 g/mol. The Bertz CT molecular complexity index is 809. The largest absolute Gasteiger partial charge is 0.370 e. The van der Waals surface area contributed by atoms with Crippen LogP contribution in [-0.4, -0.2) is 34.1 Å². The second-order valence-electron chi connectivity index (χ2n) is 6.06. The van der Waals surface area contributed by atoms with Crippen LogP contribution in [0, 0.1) is 0 Å². The summed E-state index contributed by atoms with van der Waals surface area (Å²) in [4.78, 5) is 15.9. The molecule has 24 heavy (non-hydrogen) atoms. The predicted molar refractivity (Wildman–Crippen MR) is 93.8 cm³/mol. The lowest BCUT2D eigenvalue weighted by Gasteiger charge is -2.33. The minimum Gasteiger partial charge on any atom is -0.370 e. The van der Waals surface area contributed by atoms with E-state index in [2.05, 4.69) is 14.9 Å². The van der Waals surface area contributed by atoms with E-state index in [0.717, 1.165) is 48.5 Å². The first-order valence-electron chi connectivity index (χ1n) is 8.37. The van der Waals surface area contributed by atoms with Gasteiger partial charge in [-0.15, -0.1) is 0 Å². The van der Waals surface area contributed by atoms with Gasteiger partial charge in [0.15, 0.2) is 0 Å². The van der Waals surface area contributed by atoms with Crippen LogP contribution in [0.5, 0.6) is 0 Å². The van der Waals surface area contributed by atoms with Crippen molar-refractivity contribution in [3.63, 3.8) is 0 Å². The molecule has 5 nitrogen and oxygen atoms in total. The first-order valence-corrected chi connectivity index (χ1v) is 8.37. The molecule has 122 valence electrons. The van der Waals surface area contributed by atoms with Crippen molar-refractivity contribution in [2.24, 2.45) is 0 Å². The molecule has 1 saturated heterocycles. The summed E-state index contributed by atoms with van der Waals surface area (Å²) in [6.45, 7) is 2.40. The zero-order valence-corrected chi connectivity index (χ0v) is 13.5. The molecule has 2 aromatic heterocycles. The lowest BCUT2D eigenvalue weighted by atomic mass is 10.1. The first kappa shape index (κ1) is 15.0. The first-order chi connectivity index (χ1) is 11.9. The quantitative estimate of drug-likeness (QED) is 0.739. The maximum Gasteiger partial charge on any atom is 0.147 e. The molecule has 3 heterocycles. The van der Waals surface area contributed by atoms with Crippen molar-refractivity contribution < 1.29 is 4.74 Å². The number of benzene rings is 1. The van der Waals surface area contributed by atoms with Crippen molar-refractivity contribution >= 4 is 16.9 Å².